The summed E-state index contributed by atoms with van der Waals surface area (Å²) in [5.41, 5.74) is 5.77. The van der Waals surface area contributed by atoms with Crippen molar-refractivity contribution in [2.45, 2.75) is 90.8 Å². The van der Waals surface area contributed by atoms with E-state index in [-0.39, 0.29) is 47.6 Å². The van der Waals surface area contributed by atoms with Gasteiger partial charge < -0.3 is 30.0 Å². The van der Waals surface area contributed by atoms with Gasteiger partial charge in [-0.2, -0.15) is 5.10 Å². The smallest absolute Gasteiger partial charge is 0.412 e. The van der Waals surface area contributed by atoms with Gasteiger partial charge in [-0.1, -0.05) is 44.5 Å². The van der Waals surface area contributed by atoms with Crippen molar-refractivity contribution in [3.8, 4) is 0 Å². The van der Waals surface area contributed by atoms with E-state index < -0.39 is 55.6 Å². The first-order chi connectivity index (χ1) is 23.9. The summed E-state index contributed by atoms with van der Waals surface area (Å²) >= 11 is 6.07. The zero-order valence-corrected chi connectivity index (χ0v) is 33.8. The Hall–Kier alpha value is -4.05. The first kappa shape index (κ1) is 42.4. The number of benzene rings is 2. The van der Waals surface area contributed by atoms with Crippen molar-refractivity contribution in [1.29, 1.82) is 0 Å². The van der Waals surface area contributed by atoms with Crippen LogP contribution in [-0.2, 0) is 25.3 Å². The first-order valence-corrected chi connectivity index (χ1v) is 20.3. The fourth-order valence-corrected chi connectivity index (χ4v) is 6.37. The Morgan fingerprint density at radius 3 is 2.31 bits per heavy atom. The molecule has 0 fully saturated rings. The van der Waals surface area contributed by atoms with Gasteiger partial charge in [-0.3, -0.25) is 24.4 Å². The number of rotatable bonds is 14. The largest absolute Gasteiger partial charge is 0.444 e. The monoisotopic (exact) mass is 761 g/mol. The van der Waals surface area contributed by atoms with Crippen LogP contribution < -0.4 is 16.4 Å². The Kier molecular flexibility index (Phi) is 13.6. The summed E-state index contributed by atoms with van der Waals surface area (Å²) in [5, 5.41) is 10.0. The number of nitrogens with two attached hydrogens (primary N) is 1. The molecule has 0 aliphatic rings. The number of carbonyl (C=O) groups is 4. The van der Waals surface area contributed by atoms with Crippen LogP contribution in [0.15, 0.2) is 36.4 Å². The van der Waals surface area contributed by atoms with Crippen molar-refractivity contribution in [3.63, 3.8) is 0 Å². The highest BCUT2D eigenvalue weighted by Gasteiger charge is 2.38. The van der Waals surface area contributed by atoms with Crippen LogP contribution >= 0.6 is 11.6 Å². The number of amides is 4. The second-order valence-corrected chi connectivity index (χ2v) is 20.9. The average molecular weight is 762 g/mol. The predicted molar refractivity (Wildman–Crippen MR) is 203 cm³/mol. The van der Waals surface area contributed by atoms with Crippen molar-refractivity contribution in [3.05, 3.63) is 58.5 Å². The third kappa shape index (κ3) is 11.2. The maximum absolute atomic E-state index is 15.1. The molecule has 0 saturated heterocycles. The third-order valence-electron chi connectivity index (χ3n) is 8.81. The molecule has 0 radical (unpaired) electrons. The van der Waals surface area contributed by atoms with Gasteiger partial charge in [0.15, 0.2) is 14.0 Å². The van der Waals surface area contributed by atoms with E-state index in [0.717, 1.165) is 0 Å². The minimum Gasteiger partial charge on any atom is -0.444 e. The van der Waals surface area contributed by atoms with Gasteiger partial charge >= 0.3 is 6.09 Å². The molecular weight excluding hydrogens is 709 g/mol. The molecule has 0 aliphatic heterocycles. The van der Waals surface area contributed by atoms with Crippen molar-refractivity contribution >= 4 is 60.3 Å². The lowest BCUT2D eigenvalue weighted by Gasteiger charge is -2.38. The lowest BCUT2D eigenvalue weighted by molar-refractivity contribution is -0.139. The summed E-state index contributed by atoms with van der Waals surface area (Å²) in [7, 11) is 1.34. The van der Waals surface area contributed by atoms with E-state index in [2.05, 4.69) is 49.6 Å². The number of anilines is 1. The third-order valence-corrected chi connectivity index (χ3v) is 13.6. The molecule has 4 N–H and O–H groups in total. The Bertz CT molecular complexity index is 1790. The Morgan fingerprint density at radius 1 is 1.08 bits per heavy atom. The summed E-state index contributed by atoms with van der Waals surface area (Å²) in [6, 6.07) is 7.97. The standard InChI is InChI=1S/C36H53ClFN7O6Si/c1-22(21-50-52(10,11)36(5,6)7)44(19-29(46)41-27(18-43(8)9)24-13-12-14-26(37)31(24)38)30(47)20-45-28-16-15-23(40-34(49)51-35(2,3)4)17-25(28)32(42-45)33(39)48/h12-17,22,27H,18-21H2,1-11H3,(H2,39,48)(H,40,49)(H,41,46). The van der Waals surface area contributed by atoms with Gasteiger partial charge in [0.2, 0.25) is 11.8 Å². The van der Waals surface area contributed by atoms with Gasteiger partial charge in [-0.05, 0) is 84.2 Å². The molecule has 1 aromatic heterocycles. The van der Waals surface area contributed by atoms with E-state index >= 15 is 4.39 Å². The Balaban J connectivity index is 1.96. The molecule has 0 aliphatic carbocycles. The minimum absolute atomic E-state index is 0.0711. The zero-order valence-electron chi connectivity index (χ0n) is 32.0. The molecule has 0 spiro atoms. The number of ether oxygens (including phenoxy) is 1. The number of fused-ring (bicyclic) bond motifs is 1. The van der Waals surface area contributed by atoms with E-state index in [1.54, 1.807) is 71.0 Å². The van der Waals surface area contributed by atoms with Crippen LogP contribution in [0.5, 0.6) is 0 Å². The normalized spacial score (nSPS) is 13.5. The maximum atomic E-state index is 15.1. The van der Waals surface area contributed by atoms with Crippen LogP contribution in [0.3, 0.4) is 0 Å². The van der Waals surface area contributed by atoms with E-state index in [9.17, 15) is 19.2 Å². The SMILES string of the molecule is CC(CO[Si](C)(C)C(C)(C)C)N(CC(=O)NC(CN(C)C)c1cccc(Cl)c1F)C(=O)Cn1nc(C(N)=O)c2cc(NC(=O)OC(C)(C)C)ccc21. The summed E-state index contributed by atoms with van der Waals surface area (Å²) in [6.07, 6.45) is -0.691. The molecule has 1 heterocycles. The van der Waals surface area contributed by atoms with Crippen LogP contribution in [0.1, 0.15) is 70.6 Å². The number of primary amides is 1. The highest BCUT2D eigenvalue weighted by molar-refractivity contribution is 6.74. The first-order valence-electron chi connectivity index (χ1n) is 17.0. The number of hydrogen-bond acceptors (Lipinski definition) is 8. The highest BCUT2D eigenvalue weighted by atomic mass is 35.5. The molecule has 2 atom stereocenters. The lowest BCUT2D eigenvalue weighted by atomic mass is 10.1. The molecule has 4 amide bonds. The maximum Gasteiger partial charge on any atom is 0.412 e. The molecular formula is C36H53ClFN7O6Si. The van der Waals surface area contributed by atoms with E-state index in [1.165, 1.54) is 21.7 Å². The summed E-state index contributed by atoms with van der Waals surface area (Å²) < 4.78 is 28.2. The molecule has 2 aromatic carbocycles. The van der Waals surface area contributed by atoms with Gasteiger partial charge in [-0.15, -0.1) is 0 Å². The molecule has 13 nitrogen and oxygen atoms in total. The van der Waals surface area contributed by atoms with Crippen LogP contribution in [0.4, 0.5) is 14.9 Å². The molecule has 3 rings (SSSR count). The molecule has 0 saturated carbocycles. The highest BCUT2D eigenvalue weighted by Crippen LogP contribution is 2.36. The van der Waals surface area contributed by atoms with Gasteiger partial charge in [-0.25, -0.2) is 9.18 Å². The van der Waals surface area contributed by atoms with Gasteiger partial charge in [0, 0.05) is 23.2 Å². The fourth-order valence-electron chi connectivity index (χ4n) is 5.10. The molecule has 2 unspecified atom stereocenters. The van der Waals surface area contributed by atoms with E-state index in [1.807, 2.05) is 0 Å². The molecule has 0 bridgehead atoms. The zero-order chi connectivity index (χ0) is 39.3. The quantitative estimate of drug-likeness (QED) is 0.170. The topological polar surface area (TPSA) is 161 Å². The van der Waals surface area contributed by atoms with Crippen molar-refractivity contribution in [2.24, 2.45) is 5.73 Å². The van der Waals surface area contributed by atoms with E-state index in [4.69, 9.17) is 26.5 Å². The number of carbonyl (C=O) groups excluding carboxylic acids is 4. The van der Waals surface area contributed by atoms with Crippen LogP contribution in [0.25, 0.3) is 10.9 Å². The van der Waals surface area contributed by atoms with E-state index in [0.29, 0.717) is 16.6 Å². The van der Waals surface area contributed by atoms with Crippen LogP contribution in [0, 0.1) is 5.82 Å². The molecule has 3 aromatic rings. The number of halogens is 2. The Morgan fingerprint density at radius 2 is 1.73 bits per heavy atom. The number of aromatic nitrogens is 2. The number of nitrogens with one attached hydrogen (secondary N) is 2. The molecule has 286 valence electrons. The van der Waals surface area contributed by atoms with Crippen LogP contribution in [-0.4, -0.2) is 97.1 Å². The number of nitrogens with zero attached hydrogens (tertiary/aromatic N) is 4. The van der Waals surface area contributed by atoms with Crippen molar-refractivity contribution in [1.82, 2.24) is 24.9 Å². The number of hydrogen-bond donors (Lipinski definition) is 3. The van der Waals surface area contributed by atoms with Crippen molar-refractivity contribution < 1.29 is 32.7 Å². The Labute approximate surface area is 311 Å². The molecule has 16 heteroatoms. The summed E-state index contributed by atoms with van der Waals surface area (Å²) in [5.74, 6) is -2.49. The summed E-state index contributed by atoms with van der Waals surface area (Å²) in [4.78, 5) is 55.9. The van der Waals surface area contributed by atoms with Crippen LogP contribution in [0.2, 0.25) is 23.2 Å². The second-order valence-electron chi connectivity index (χ2n) is 15.7. The summed E-state index contributed by atoms with van der Waals surface area (Å²) in [6.45, 7) is 17.2. The van der Waals surface area contributed by atoms with Gasteiger partial charge in [0.25, 0.3) is 5.91 Å². The van der Waals surface area contributed by atoms with Crippen molar-refractivity contribution in [2.75, 3.05) is 39.1 Å². The fraction of sp³-hybridized carbons (Fsp3) is 0.528. The molecule has 52 heavy (non-hydrogen) atoms. The minimum atomic E-state index is -2.25. The van der Waals surface area contributed by atoms with Gasteiger partial charge in [0.05, 0.1) is 35.8 Å². The number of likely N-dealkylation sites (N-methyl/N-ethyl adjacent to an activating group) is 1. The second kappa shape index (κ2) is 16.7. The lowest BCUT2D eigenvalue weighted by Crippen LogP contribution is -2.51. The van der Waals surface area contributed by atoms with Gasteiger partial charge in [0.1, 0.15) is 18.0 Å². The average Bonchev–Trinajstić information content (AvgIpc) is 3.35. The predicted octanol–water partition coefficient (Wildman–Crippen LogP) is 5.93.